The van der Waals surface area contributed by atoms with Crippen molar-refractivity contribution in [2.75, 3.05) is 12.4 Å². The third-order valence-electron chi connectivity index (χ3n) is 2.66. The first-order valence-corrected chi connectivity index (χ1v) is 6.98. The second-order valence-electron chi connectivity index (χ2n) is 4.01. The van der Waals surface area contributed by atoms with Crippen LogP contribution in [0.3, 0.4) is 0 Å². The van der Waals surface area contributed by atoms with Crippen molar-refractivity contribution in [1.29, 1.82) is 0 Å². The number of aliphatic hydroxyl groups is 2. The smallest absolute Gasteiger partial charge is 0.330 e. The molecule has 1 aromatic carbocycles. The molecule has 1 rings (SSSR count). The summed E-state index contributed by atoms with van der Waals surface area (Å²) in [5, 5.41) is 20.2. The lowest BCUT2D eigenvalue weighted by Crippen LogP contribution is -2.18. The Bertz CT molecular complexity index is 428. The molecule has 0 aliphatic heterocycles. The summed E-state index contributed by atoms with van der Waals surface area (Å²) in [5.74, 6) is -0.420. The van der Waals surface area contributed by atoms with E-state index < -0.39 is 18.2 Å². The third-order valence-corrected chi connectivity index (χ3v) is 3.12. The van der Waals surface area contributed by atoms with Crippen LogP contribution >= 0.6 is 15.9 Å². The zero-order valence-electron chi connectivity index (χ0n) is 10.6. The van der Waals surface area contributed by atoms with Crippen LogP contribution in [0, 0.1) is 0 Å². The highest BCUT2D eigenvalue weighted by Crippen LogP contribution is 2.20. The SMILES string of the molecule is COC(=O)/C=C/c1ccc(C(O)C(O)CCBr)cc1. The number of carbonyl (C=O) groups is 1. The van der Waals surface area contributed by atoms with Crippen molar-refractivity contribution in [3.8, 4) is 0 Å². The second-order valence-corrected chi connectivity index (χ2v) is 4.81. The summed E-state index contributed by atoms with van der Waals surface area (Å²) < 4.78 is 4.49. The molecule has 2 N–H and O–H groups in total. The fraction of sp³-hybridized carbons (Fsp3) is 0.357. The van der Waals surface area contributed by atoms with E-state index in [1.165, 1.54) is 13.2 Å². The quantitative estimate of drug-likeness (QED) is 0.476. The molecule has 4 nitrogen and oxygen atoms in total. The number of methoxy groups -OCH3 is 1. The van der Waals surface area contributed by atoms with Crippen molar-refractivity contribution in [3.63, 3.8) is 0 Å². The van der Waals surface area contributed by atoms with Crippen molar-refractivity contribution in [2.45, 2.75) is 18.6 Å². The van der Waals surface area contributed by atoms with Gasteiger partial charge in [-0.2, -0.15) is 0 Å². The predicted molar refractivity (Wildman–Crippen MR) is 76.9 cm³/mol. The molecular formula is C14H17BrO4. The first-order valence-electron chi connectivity index (χ1n) is 5.86. The minimum atomic E-state index is -0.906. The average Bonchev–Trinajstić information content (AvgIpc) is 2.44. The first-order chi connectivity index (χ1) is 9.08. The maximum Gasteiger partial charge on any atom is 0.330 e. The van der Waals surface area contributed by atoms with Crippen molar-refractivity contribution < 1.29 is 19.7 Å². The maximum atomic E-state index is 10.9. The normalized spacial score (nSPS) is 14.3. The summed E-state index contributed by atoms with van der Waals surface area (Å²) in [5.41, 5.74) is 1.46. The molecule has 0 radical (unpaired) electrons. The number of hydrogen-bond donors (Lipinski definition) is 2. The van der Waals surface area contributed by atoms with E-state index in [4.69, 9.17) is 0 Å². The molecule has 0 spiro atoms. The van der Waals surface area contributed by atoms with Gasteiger partial charge in [-0.15, -0.1) is 0 Å². The van der Waals surface area contributed by atoms with Crippen molar-refractivity contribution >= 4 is 28.0 Å². The van der Waals surface area contributed by atoms with E-state index in [-0.39, 0.29) is 0 Å². The molecule has 104 valence electrons. The van der Waals surface area contributed by atoms with E-state index in [2.05, 4.69) is 20.7 Å². The van der Waals surface area contributed by atoms with Crippen molar-refractivity contribution in [3.05, 3.63) is 41.5 Å². The number of hydrogen-bond acceptors (Lipinski definition) is 4. The largest absolute Gasteiger partial charge is 0.466 e. The molecule has 0 saturated heterocycles. The molecule has 1 aromatic rings. The summed E-state index contributed by atoms with van der Waals surface area (Å²) in [4.78, 5) is 10.9. The zero-order valence-corrected chi connectivity index (χ0v) is 12.2. The van der Waals surface area contributed by atoms with Crippen molar-refractivity contribution in [2.24, 2.45) is 0 Å². The van der Waals surface area contributed by atoms with Crippen LogP contribution in [0.25, 0.3) is 6.08 Å². The van der Waals surface area contributed by atoms with Gasteiger partial charge in [-0.05, 0) is 23.6 Å². The summed E-state index contributed by atoms with van der Waals surface area (Å²) in [7, 11) is 1.32. The van der Waals surface area contributed by atoms with Crippen LogP contribution < -0.4 is 0 Å². The molecule has 0 heterocycles. The van der Waals surface area contributed by atoms with Crippen LogP contribution in [0.1, 0.15) is 23.7 Å². The van der Waals surface area contributed by atoms with Crippen LogP contribution in [0.5, 0.6) is 0 Å². The van der Waals surface area contributed by atoms with Gasteiger partial charge in [0, 0.05) is 11.4 Å². The number of aliphatic hydroxyl groups excluding tert-OH is 2. The van der Waals surface area contributed by atoms with Crippen molar-refractivity contribution in [1.82, 2.24) is 0 Å². The lowest BCUT2D eigenvalue weighted by Gasteiger charge is -2.17. The van der Waals surface area contributed by atoms with Gasteiger partial charge >= 0.3 is 5.97 Å². The van der Waals surface area contributed by atoms with Gasteiger partial charge in [-0.1, -0.05) is 40.2 Å². The minimum absolute atomic E-state index is 0.420. The highest BCUT2D eigenvalue weighted by atomic mass is 79.9. The Morgan fingerprint density at radius 3 is 2.53 bits per heavy atom. The van der Waals surface area contributed by atoms with Crippen LogP contribution in [-0.4, -0.2) is 34.7 Å². The summed E-state index contributed by atoms with van der Waals surface area (Å²) in [6, 6.07) is 6.97. The number of benzene rings is 1. The maximum absolute atomic E-state index is 10.9. The Morgan fingerprint density at radius 2 is 2.00 bits per heavy atom. The number of carbonyl (C=O) groups excluding carboxylic acids is 1. The molecule has 0 fully saturated rings. The van der Waals surface area contributed by atoms with E-state index in [0.717, 1.165) is 5.56 Å². The summed E-state index contributed by atoms with van der Waals surface area (Å²) in [6.45, 7) is 0. The average molecular weight is 329 g/mol. The molecule has 19 heavy (non-hydrogen) atoms. The fourth-order valence-corrected chi connectivity index (χ4v) is 2.00. The van der Waals surface area contributed by atoms with E-state index in [1.807, 2.05) is 0 Å². The van der Waals surface area contributed by atoms with Gasteiger partial charge in [-0.25, -0.2) is 4.79 Å². The summed E-state index contributed by atoms with van der Waals surface area (Å²) >= 11 is 3.22. The van der Waals surface area contributed by atoms with E-state index in [9.17, 15) is 15.0 Å². The molecule has 0 saturated carbocycles. The van der Waals surface area contributed by atoms with Gasteiger partial charge in [0.2, 0.25) is 0 Å². The second kappa shape index (κ2) is 8.09. The Labute approximate surface area is 120 Å². The number of rotatable bonds is 6. The van der Waals surface area contributed by atoms with Gasteiger partial charge in [0.25, 0.3) is 0 Å². The van der Waals surface area contributed by atoms with Crippen LogP contribution in [0.2, 0.25) is 0 Å². The highest BCUT2D eigenvalue weighted by Gasteiger charge is 2.17. The lowest BCUT2D eigenvalue weighted by atomic mass is 10.0. The Morgan fingerprint density at radius 1 is 1.37 bits per heavy atom. The van der Waals surface area contributed by atoms with Gasteiger partial charge in [0.05, 0.1) is 13.2 Å². The van der Waals surface area contributed by atoms with Gasteiger partial charge in [0.1, 0.15) is 6.10 Å². The Balaban J connectivity index is 2.70. The Kier molecular flexibility index (Phi) is 6.77. The zero-order chi connectivity index (χ0) is 14.3. The Hall–Kier alpha value is -1.17. The monoisotopic (exact) mass is 328 g/mol. The topological polar surface area (TPSA) is 66.8 Å². The molecule has 5 heteroatoms. The van der Waals surface area contributed by atoms with Crippen LogP contribution in [0.15, 0.2) is 30.3 Å². The van der Waals surface area contributed by atoms with E-state index in [1.54, 1.807) is 30.3 Å². The van der Waals surface area contributed by atoms with Gasteiger partial charge in [0.15, 0.2) is 0 Å². The lowest BCUT2D eigenvalue weighted by molar-refractivity contribution is -0.134. The molecule has 2 atom stereocenters. The number of halogens is 1. The van der Waals surface area contributed by atoms with Crippen LogP contribution in [0.4, 0.5) is 0 Å². The van der Waals surface area contributed by atoms with Crippen LogP contribution in [-0.2, 0) is 9.53 Å². The fourth-order valence-electron chi connectivity index (χ4n) is 1.53. The predicted octanol–water partition coefficient (Wildman–Crippen LogP) is 2.05. The van der Waals surface area contributed by atoms with E-state index in [0.29, 0.717) is 17.3 Å². The number of alkyl halides is 1. The van der Waals surface area contributed by atoms with Gasteiger partial charge < -0.3 is 14.9 Å². The molecular weight excluding hydrogens is 312 g/mol. The standard InChI is InChI=1S/C14H17BrO4/c1-19-13(17)7-4-10-2-5-11(6-3-10)14(18)12(16)8-9-15/h2-7,12,14,16,18H,8-9H2,1H3/b7-4+. The molecule has 2 unspecified atom stereocenters. The molecule has 0 amide bonds. The first kappa shape index (κ1) is 15.9. The number of ether oxygens (including phenoxy) is 1. The molecule has 0 aliphatic rings. The number of esters is 1. The van der Waals surface area contributed by atoms with Gasteiger partial charge in [-0.3, -0.25) is 0 Å². The molecule has 0 aromatic heterocycles. The highest BCUT2D eigenvalue weighted by molar-refractivity contribution is 9.09. The summed E-state index contributed by atoms with van der Waals surface area (Å²) in [6.07, 6.45) is 1.72. The van der Waals surface area contributed by atoms with E-state index >= 15 is 0 Å². The molecule has 0 aliphatic carbocycles. The molecule has 0 bridgehead atoms. The minimum Gasteiger partial charge on any atom is -0.466 e. The third kappa shape index (κ3) is 5.14.